The Kier molecular flexibility index (Phi) is 3.10. The number of carbonyl (C=O) groups is 1. The van der Waals surface area contributed by atoms with Gasteiger partial charge in [-0.2, -0.15) is 8.42 Å². The van der Waals surface area contributed by atoms with Crippen LogP contribution in [0.5, 0.6) is 11.5 Å². The summed E-state index contributed by atoms with van der Waals surface area (Å²) in [6.07, 6.45) is 3.30. The second-order valence-corrected chi connectivity index (χ2v) is 5.01. The maximum atomic E-state index is 11.3. The number of hydrogen-bond acceptors (Lipinski definition) is 5. The fourth-order valence-corrected chi connectivity index (χ4v) is 2.27. The van der Waals surface area contributed by atoms with Gasteiger partial charge in [-0.1, -0.05) is 6.08 Å². The van der Waals surface area contributed by atoms with Crippen LogP contribution in [-0.4, -0.2) is 25.5 Å². The normalized spacial score (nSPS) is 13.7. The molecule has 2 rings (SSSR count). The summed E-state index contributed by atoms with van der Waals surface area (Å²) in [5, 5.41) is 0. The molecule has 0 radical (unpaired) electrons. The zero-order valence-electron chi connectivity index (χ0n) is 9.41. The van der Waals surface area contributed by atoms with Crippen LogP contribution in [0, 0.1) is 0 Å². The zero-order valence-corrected chi connectivity index (χ0v) is 10.2. The fourth-order valence-electron chi connectivity index (χ4n) is 1.60. The van der Waals surface area contributed by atoms with Gasteiger partial charge in [-0.25, -0.2) is 0 Å². The molecule has 0 bridgehead atoms. The van der Waals surface area contributed by atoms with Crippen LogP contribution in [0.4, 0.5) is 0 Å². The minimum atomic E-state index is -4.45. The summed E-state index contributed by atoms with van der Waals surface area (Å²) in [6.45, 7) is 1.40. The van der Waals surface area contributed by atoms with Crippen molar-refractivity contribution in [1.29, 1.82) is 0 Å². The van der Waals surface area contributed by atoms with Crippen LogP contribution in [-0.2, 0) is 14.9 Å². The highest BCUT2D eigenvalue weighted by atomic mass is 32.2. The van der Waals surface area contributed by atoms with E-state index in [9.17, 15) is 13.2 Å². The van der Waals surface area contributed by atoms with Crippen molar-refractivity contribution in [3.05, 3.63) is 23.8 Å². The molecule has 7 heteroatoms. The molecule has 0 unspecified atom stereocenters. The van der Waals surface area contributed by atoms with Crippen LogP contribution in [0.3, 0.4) is 0 Å². The Morgan fingerprint density at radius 1 is 1.44 bits per heavy atom. The summed E-state index contributed by atoms with van der Waals surface area (Å²) >= 11 is 0. The molecule has 1 heterocycles. The van der Waals surface area contributed by atoms with Gasteiger partial charge in [-0.15, -0.1) is 0 Å². The Bertz CT molecular complexity index is 629. The summed E-state index contributed by atoms with van der Waals surface area (Å²) < 4.78 is 41.6. The van der Waals surface area contributed by atoms with Gasteiger partial charge in [-0.3, -0.25) is 9.35 Å². The third-order valence-electron chi connectivity index (χ3n) is 2.22. The average Bonchev–Trinajstić information content (AvgIpc) is 2.25. The van der Waals surface area contributed by atoms with Crippen molar-refractivity contribution in [2.24, 2.45) is 0 Å². The Labute approximate surface area is 104 Å². The molecule has 0 atom stereocenters. The molecular formula is C11H10O6S. The molecule has 0 fully saturated rings. The van der Waals surface area contributed by atoms with Gasteiger partial charge in [0.2, 0.25) is 0 Å². The van der Waals surface area contributed by atoms with Gasteiger partial charge in [-0.05, 0) is 12.1 Å². The first-order valence-electron chi connectivity index (χ1n) is 5.01. The monoisotopic (exact) mass is 270 g/mol. The molecule has 96 valence electrons. The quantitative estimate of drug-likeness (QED) is 0.494. The number of ether oxygens (including phenoxy) is 2. The molecule has 1 N–H and O–H groups in total. The predicted octanol–water partition coefficient (Wildman–Crippen LogP) is 1.26. The topological polar surface area (TPSA) is 89.9 Å². The molecule has 0 aromatic heterocycles. The van der Waals surface area contributed by atoms with Crippen LogP contribution < -0.4 is 9.47 Å². The standard InChI is InChI=1S/C11H10O6S/c1-7(12)17-9-5-8-3-2-4-16-11(8)10(6-9)18(13,14)15/h2-3,5-6H,4H2,1H3,(H,13,14,15). The third-order valence-corrected chi connectivity index (χ3v) is 3.08. The van der Waals surface area contributed by atoms with Crippen molar-refractivity contribution in [2.75, 3.05) is 6.61 Å². The van der Waals surface area contributed by atoms with E-state index in [1.54, 1.807) is 12.2 Å². The number of carbonyl (C=O) groups excluding carboxylic acids is 1. The molecule has 6 nitrogen and oxygen atoms in total. The lowest BCUT2D eigenvalue weighted by molar-refractivity contribution is -0.131. The second-order valence-electron chi connectivity index (χ2n) is 3.62. The molecule has 18 heavy (non-hydrogen) atoms. The van der Waals surface area contributed by atoms with E-state index in [1.807, 2.05) is 0 Å². The van der Waals surface area contributed by atoms with Gasteiger partial charge in [0.25, 0.3) is 10.1 Å². The van der Waals surface area contributed by atoms with Gasteiger partial charge in [0, 0.05) is 18.6 Å². The number of esters is 1. The highest BCUT2D eigenvalue weighted by Crippen LogP contribution is 2.35. The Morgan fingerprint density at radius 3 is 2.78 bits per heavy atom. The van der Waals surface area contributed by atoms with Crippen LogP contribution >= 0.6 is 0 Å². The predicted molar refractivity (Wildman–Crippen MR) is 62.1 cm³/mol. The van der Waals surface area contributed by atoms with E-state index in [4.69, 9.17) is 14.0 Å². The summed E-state index contributed by atoms with van der Waals surface area (Å²) in [5.41, 5.74) is 0.424. The summed E-state index contributed by atoms with van der Waals surface area (Å²) in [7, 11) is -4.45. The molecule has 0 saturated heterocycles. The first-order chi connectivity index (χ1) is 8.38. The highest BCUT2D eigenvalue weighted by molar-refractivity contribution is 7.86. The van der Waals surface area contributed by atoms with E-state index in [0.29, 0.717) is 5.56 Å². The van der Waals surface area contributed by atoms with Gasteiger partial charge < -0.3 is 9.47 Å². The lowest BCUT2D eigenvalue weighted by atomic mass is 10.1. The number of hydrogen-bond donors (Lipinski definition) is 1. The molecule has 1 aliphatic heterocycles. The van der Waals surface area contributed by atoms with Gasteiger partial charge in [0.15, 0.2) is 0 Å². The van der Waals surface area contributed by atoms with E-state index < -0.39 is 21.0 Å². The highest BCUT2D eigenvalue weighted by Gasteiger charge is 2.23. The van der Waals surface area contributed by atoms with Crippen molar-refractivity contribution in [3.8, 4) is 11.5 Å². The minimum Gasteiger partial charge on any atom is -0.487 e. The number of benzene rings is 1. The minimum absolute atomic E-state index is 0.0315. The van der Waals surface area contributed by atoms with Crippen molar-refractivity contribution >= 4 is 22.2 Å². The zero-order chi connectivity index (χ0) is 13.3. The lowest BCUT2D eigenvalue weighted by Crippen LogP contribution is -2.09. The Balaban J connectivity index is 2.63. The van der Waals surface area contributed by atoms with Crippen LogP contribution in [0.1, 0.15) is 12.5 Å². The summed E-state index contributed by atoms with van der Waals surface area (Å²) in [6, 6.07) is 2.51. The van der Waals surface area contributed by atoms with Crippen LogP contribution in [0.2, 0.25) is 0 Å². The third kappa shape index (κ3) is 2.52. The smallest absolute Gasteiger partial charge is 0.308 e. The van der Waals surface area contributed by atoms with E-state index in [2.05, 4.69) is 0 Å². The molecule has 0 aliphatic carbocycles. The van der Waals surface area contributed by atoms with Crippen molar-refractivity contribution in [1.82, 2.24) is 0 Å². The molecule has 1 aromatic rings. The SMILES string of the molecule is CC(=O)Oc1cc2c(c(S(=O)(=O)O)c1)OCC=C2. The molecule has 0 saturated carbocycles. The van der Waals surface area contributed by atoms with E-state index >= 15 is 0 Å². The second kappa shape index (κ2) is 4.43. The largest absolute Gasteiger partial charge is 0.487 e. The Hall–Kier alpha value is -1.86. The van der Waals surface area contributed by atoms with Gasteiger partial charge >= 0.3 is 5.97 Å². The van der Waals surface area contributed by atoms with E-state index in [-0.39, 0.29) is 18.1 Å². The molecular weight excluding hydrogens is 260 g/mol. The Morgan fingerprint density at radius 2 is 2.17 bits per heavy atom. The fraction of sp³-hybridized carbons (Fsp3) is 0.182. The van der Waals surface area contributed by atoms with Crippen molar-refractivity contribution < 1.29 is 27.2 Å². The number of fused-ring (bicyclic) bond motifs is 1. The average molecular weight is 270 g/mol. The molecule has 0 spiro atoms. The van der Waals surface area contributed by atoms with Crippen LogP contribution in [0.25, 0.3) is 6.08 Å². The first kappa shape index (κ1) is 12.6. The maximum Gasteiger partial charge on any atom is 0.308 e. The molecule has 1 aromatic carbocycles. The van der Waals surface area contributed by atoms with Crippen molar-refractivity contribution in [3.63, 3.8) is 0 Å². The van der Waals surface area contributed by atoms with E-state index in [1.165, 1.54) is 13.0 Å². The summed E-state index contributed by atoms with van der Waals surface area (Å²) in [4.78, 5) is 10.4. The number of rotatable bonds is 2. The lowest BCUT2D eigenvalue weighted by Gasteiger charge is -2.16. The van der Waals surface area contributed by atoms with Crippen LogP contribution in [0.15, 0.2) is 23.1 Å². The van der Waals surface area contributed by atoms with Crippen molar-refractivity contribution in [2.45, 2.75) is 11.8 Å². The maximum absolute atomic E-state index is 11.3. The van der Waals surface area contributed by atoms with E-state index in [0.717, 1.165) is 6.07 Å². The molecule has 0 amide bonds. The molecule has 1 aliphatic rings. The first-order valence-corrected chi connectivity index (χ1v) is 6.45. The summed E-state index contributed by atoms with van der Waals surface area (Å²) in [5.74, 6) is -0.503. The van der Waals surface area contributed by atoms with Gasteiger partial charge in [0.1, 0.15) is 23.0 Å². The van der Waals surface area contributed by atoms with Gasteiger partial charge in [0.05, 0.1) is 0 Å².